The Labute approximate surface area is 164 Å². The van der Waals surface area contributed by atoms with E-state index in [1.165, 1.54) is 4.31 Å². The highest BCUT2D eigenvalue weighted by Crippen LogP contribution is 2.32. The molecule has 1 aromatic carbocycles. The normalized spacial score (nSPS) is 14.1. The summed E-state index contributed by atoms with van der Waals surface area (Å²) < 4.78 is 30.4. The van der Waals surface area contributed by atoms with Crippen LogP contribution in [0, 0.1) is 0 Å². The number of anilines is 2. The minimum atomic E-state index is -3.30. The lowest BCUT2D eigenvalue weighted by Gasteiger charge is -2.30. The lowest BCUT2D eigenvalue weighted by molar-refractivity contribution is 0.102. The smallest absolute Gasteiger partial charge is 0.269 e. The van der Waals surface area contributed by atoms with Gasteiger partial charge in [-0.15, -0.1) is 5.10 Å². The van der Waals surface area contributed by atoms with E-state index >= 15 is 0 Å². The van der Waals surface area contributed by atoms with Crippen molar-refractivity contribution < 1.29 is 13.2 Å². The van der Waals surface area contributed by atoms with E-state index in [1.54, 1.807) is 12.1 Å². The van der Waals surface area contributed by atoms with Crippen LogP contribution >= 0.6 is 11.5 Å². The SMILES string of the molecule is CCCc1nnsc1C(=O)Nc1ccc2c(c1)CCCN2S(=O)(=O)CCC. The number of hydrogen-bond acceptors (Lipinski definition) is 6. The summed E-state index contributed by atoms with van der Waals surface area (Å²) >= 11 is 1.09. The number of fused-ring (bicyclic) bond motifs is 1. The fraction of sp³-hybridized carbons (Fsp3) is 0.500. The average molecular weight is 409 g/mol. The molecule has 0 aliphatic carbocycles. The molecule has 7 nitrogen and oxygen atoms in total. The Morgan fingerprint density at radius 1 is 1.30 bits per heavy atom. The van der Waals surface area contributed by atoms with Gasteiger partial charge in [-0.2, -0.15) is 0 Å². The number of nitrogens with zero attached hydrogens (tertiary/aromatic N) is 3. The summed E-state index contributed by atoms with van der Waals surface area (Å²) in [6, 6.07) is 5.41. The highest BCUT2D eigenvalue weighted by molar-refractivity contribution is 7.92. The molecule has 0 saturated carbocycles. The summed E-state index contributed by atoms with van der Waals surface area (Å²) in [6.45, 7) is 4.40. The largest absolute Gasteiger partial charge is 0.321 e. The second-order valence-corrected chi connectivity index (χ2v) is 9.36. The molecular weight excluding hydrogens is 384 g/mol. The summed E-state index contributed by atoms with van der Waals surface area (Å²) in [5.41, 5.74) is 3.04. The Hall–Kier alpha value is -2.00. The van der Waals surface area contributed by atoms with Crippen molar-refractivity contribution in [1.82, 2.24) is 9.59 Å². The topological polar surface area (TPSA) is 92.3 Å². The predicted octanol–water partition coefficient (Wildman–Crippen LogP) is 3.24. The second kappa shape index (κ2) is 8.35. The van der Waals surface area contributed by atoms with Gasteiger partial charge in [0.05, 0.1) is 17.1 Å². The second-order valence-electron chi connectivity index (χ2n) is 6.59. The van der Waals surface area contributed by atoms with Crippen LogP contribution in [0.4, 0.5) is 11.4 Å². The molecule has 27 heavy (non-hydrogen) atoms. The molecule has 1 N–H and O–H groups in total. The standard InChI is InChI=1S/C18H24N4O3S2/c1-3-6-15-17(26-21-20-15)18(23)19-14-8-9-16-13(12-14)7-5-10-22(16)27(24,25)11-4-2/h8-9,12H,3-7,10-11H2,1-2H3,(H,19,23). The number of amides is 1. The maximum Gasteiger partial charge on any atom is 0.269 e. The van der Waals surface area contributed by atoms with Gasteiger partial charge in [0, 0.05) is 12.2 Å². The number of carbonyl (C=O) groups excluding carboxylic acids is 1. The third-order valence-electron chi connectivity index (χ3n) is 4.46. The first-order valence-corrected chi connectivity index (χ1v) is 11.6. The van der Waals surface area contributed by atoms with E-state index in [-0.39, 0.29) is 11.7 Å². The van der Waals surface area contributed by atoms with Gasteiger partial charge in [-0.1, -0.05) is 24.8 Å². The van der Waals surface area contributed by atoms with Gasteiger partial charge < -0.3 is 5.32 Å². The summed E-state index contributed by atoms with van der Waals surface area (Å²) in [6.07, 6.45) is 3.76. The molecule has 1 aromatic heterocycles. The number of carbonyl (C=O) groups is 1. The van der Waals surface area contributed by atoms with Crippen LogP contribution in [0.5, 0.6) is 0 Å². The molecule has 0 radical (unpaired) electrons. The van der Waals surface area contributed by atoms with Gasteiger partial charge in [0.2, 0.25) is 10.0 Å². The van der Waals surface area contributed by atoms with Gasteiger partial charge >= 0.3 is 0 Å². The minimum absolute atomic E-state index is 0.142. The lowest BCUT2D eigenvalue weighted by Crippen LogP contribution is -2.37. The Morgan fingerprint density at radius 2 is 2.11 bits per heavy atom. The van der Waals surface area contributed by atoms with Crippen molar-refractivity contribution in [2.75, 3.05) is 21.9 Å². The molecule has 1 aliphatic heterocycles. The summed E-state index contributed by atoms with van der Waals surface area (Å²) in [4.78, 5) is 13.1. The van der Waals surface area contributed by atoms with Crippen LogP contribution in [-0.2, 0) is 22.9 Å². The Kier molecular flexibility index (Phi) is 6.11. The Bertz CT molecular complexity index is 924. The first-order valence-electron chi connectivity index (χ1n) is 9.22. The van der Waals surface area contributed by atoms with Crippen LogP contribution < -0.4 is 9.62 Å². The number of aromatic nitrogens is 2. The summed E-state index contributed by atoms with van der Waals surface area (Å²) in [5.74, 6) is -0.0802. The predicted molar refractivity (Wildman–Crippen MR) is 108 cm³/mol. The van der Waals surface area contributed by atoms with Gasteiger partial charge in [-0.05, 0) is 61.0 Å². The van der Waals surface area contributed by atoms with E-state index in [4.69, 9.17) is 0 Å². The molecule has 9 heteroatoms. The maximum absolute atomic E-state index is 12.6. The van der Waals surface area contributed by atoms with Crippen LogP contribution in [-0.4, -0.2) is 36.2 Å². The molecule has 0 spiro atoms. The number of sulfonamides is 1. The molecular formula is C18H24N4O3S2. The number of aryl methyl sites for hydroxylation is 2. The highest BCUT2D eigenvalue weighted by Gasteiger charge is 2.27. The van der Waals surface area contributed by atoms with Gasteiger partial charge in [0.1, 0.15) is 4.88 Å². The van der Waals surface area contributed by atoms with Crippen LogP contribution in [0.25, 0.3) is 0 Å². The third kappa shape index (κ3) is 4.30. The zero-order chi connectivity index (χ0) is 19.4. The molecule has 1 amide bonds. The molecule has 2 heterocycles. The molecule has 0 saturated heterocycles. The number of nitrogens with one attached hydrogen (secondary N) is 1. The van der Waals surface area contributed by atoms with Gasteiger partial charge in [0.15, 0.2) is 0 Å². The molecule has 2 aromatic rings. The quantitative estimate of drug-likeness (QED) is 0.759. The van der Waals surface area contributed by atoms with Gasteiger partial charge in [0.25, 0.3) is 5.91 Å². The van der Waals surface area contributed by atoms with Crippen molar-refractivity contribution in [2.45, 2.75) is 46.0 Å². The van der Waals surface area contributed by atoms with Crippen molar-refractivity contribution in [1.29, 1.82) is 0 Å². The molecule has 146 valence electrons. The zero-order valence-corrected chi connectivity index (χ0v) is 17.2. The van der Waals surface area contributed by atoms with Crippen molar-refractivity contribution in [3.8, 4) is 0 Å². The molecule has 0 bridgehead atoms. The van der Waals surface area contributed by atoms with E-state index < -0.39 is 10.0 Å². The Balaban J connectivity index is 1.82. The first kappa shape index (κ1) is 19.8. The van der Waals surface area contributed by atoms with Gasteiger partial charge in [-0.25, -0.2) is 8.42 Å². The minimum Gasteiger partial charge on any atom is -0.321 e. The molecule has 1 aliphatic rings. The molecule has 0 fully saturated rings. The van der Waals surface area contributed by atoms with E-state index in [0.717, 1.165) is 47.7 Å². The number of hydrogen-bond donors (Lipinski definition) is 1. The van der Waals surface area contributed by atoms with Crippen LogP contribution in [0.2, 0.25) is 0 Å². The highest BCUT2D eigenvalue weighted by atomic mass is 32.2. The third-order valence-corrected chi connectivity index (χ3v) is 7.20. The van der Waals surface area contributed by atoms with Crippen molar-refractivity contribution in [2.24, 2.45) is 0 Å². The van der Waals surface area contributed by atoms with Gasteiger partial charge in [-0.3, -0.25) is 9.10 Å². The number of benzene rings is 1. The van der Waals surface area contributed by atoms with Crippen molar-refractivity contribution >= 4 is 38.8 Å². The number of rotatable bonds is 7. The maximum atomic E-state index is 12.6. The first-order chi connectivity index (χ1) is 13.0. The fourth-order valence-electron chi connectivity index (χ4n) is 3.27. The van der Waals surface area contributed by atoms with E-state index in [0.29, 0.717) is 30.0 Å². The average Bonchev–Trinajstić information content (AvgIpc) is 3.10. The van der Waals surface area contributed by atoms with E-state index in [1.807, 2.05) is 19.9 Å². The summed E-state index contributed by atoms with van der Waals surface area (Å²) in [5, 5.41) is 6.92. The van der Waals surface area contributed by atoms with Crippen molar-refractivity contribution in [3.05, 3.63) is 34.3 Å². The zero-order valence-electron chi connectivity index (χ0n) is 15.6. The Morgan fingerprint density at radius 3 is 2.85 bits per heavy atom. The lowest BCUT2D eigenvalue weighted by atomic mass is 10.0. The van der Waals surface area contributed by atoms with Crippen LogP contribution in [0.3, 0.4) is 0 Å². The van der Waals surface area contributed by atoms with E-state index in [2.05, 4.69) is 14.9 Å². The fourth-order valence-corrected chi connectivity index (χ4v) is 5.49. The summed E-state index contributed by atoms with van der Waals surface area (Å²) in [7, 11) is -3.30. The van der Waals surface area contributed by atoms with E-state index in [9.17, 15) is 13.2 Å². The molecule has 0 atom stereocenters. The van der Waals surface area contributed by atoms with Crippen molar-refractivity contribution in [3.63, 3.8) is 0 Å². The molecule has 0 unspecified atom stereocenters. The monoisotopic (exact) mass is 408 g/mol. The van der Waals surface area contributed by atoms with Crippen LogP contribution in [0.1, 0.15) is 54.0 Å². The van der Waals surface area contributed by atoms with Crippen LogP contribution in [0.15, 0.2) is 18.2 Å². The molecule has 3 rings (SSSR count).